The van der Waals surface area contributed by atoms with Gasteiger partial charge in [0.05, 0.1) is 18.2 Å². The lowest BCUT2D eigenvalue weighted by Gasteiger charge is -2.47. The number of primary amides is 1. The van der Waals surface area contributed by atoms with Crippen LogP contribution in [0.2, 0.25) is 0 Å². The molecule has 1 aliphatic carbocycles. The second-order valence-electron chi connectivity index (χ2n) is 10.2. The molecule has 1 spiro atoms. The lowest BCUT2D eigenvalue weighted by Crippen LogP contribution is -2.65. The monoisotopic (exact) mass is 502 g/mol. The number of para-hydroxylation sites is 1. The molecule has 2 fully saturated rings. The van der Waals surface area contributed by atoms with E-state index in [4.69, 9.17) is 10.7 Å². The minimum absolute atomic E-state index is 0.00773. The molecule has 3 amide bonds. The quantitative estimate of drug-likeness (QED) is 0.450. The van der Waals surface area contributed by atoms with Crippen molar-refractivity contribution < 1.29 is 14.4 Å². The molecular weight excluding hydrogens is 478 g/mol. The number of nitrogens with two attached hydrogens (primary N) is 1. The molecule has 1 saturated heterocycles. The maximum Gasteiger partial charge on any atom is 0.267 e. The maximum absolute atomic E-state index is 14.0. The van der Waals surface area contributed by atoms with Crippen molar-refractivity contribution in [3.63, 3.8) is 0 Å². The van der Waals surface area contributed by atoms with E-state index in [1.54, 1.807) is 22.1 Å². The van der Waals surface area contributed by atoms with E-state index in [-0.39, 0.29) is 24.1 Å². The molecule has 187 valence electrons. The third kappa shape index (κ3) is 3.33. The van der Waals surface area contributed by atoms with Crippen molar-refractivity contribution >= 4 is 34.2 Å². The van der Waals surface area contributed by atoms with Gasteiger partial charge in [-0.25, -0.2) is 0 Å². The van der Waals surface area contributed by atoms with Crippen LogP contribution in [0.25, 0.3) is 21.9 Å². The van der Waals surface area contributed by atoms with E-state index in [0.29, 0.717) is 13.1 Å². The molecule has 0 bridgehead atoms. The molecule has 2 aromatic carbocycles. The summed E-state index contributed by atoms with van der Waals surface area (Å²) in [5.41, 5.74) is 9.04. The third-order valence-corrected chi connectivity index (χ3v) is 7.87. The zero-order valence-electron chi connectivity index (χ0n) is 20.6. The molecule has 0 atom stereocenters. The number of likely N-dealkylation sites (tertiary alicyclic amines) is 1. The van der Waals surface area contributed by atoms with E-state index in [1.807, 2.05) is 60.8 Å². The first-order valence-electron chi connectivity index (χ1n) is 12.6. The van der Waals surface area contributed by atoms with Gasteiger partial charge in [-0.1, -0.05) is 48.5 Å². The van der Waals surface area contributed by atoms with Gasteiger partial charge in [0.15, 0.2) is 0 Å². The van der Waals surface area contributed by atoms with Gasteiger partial charge in [0.2, 0.25) is 11.8 Å². The first-order chi connectivity index (χ1) is 18.5. The lowest BCUT2D eigenvalue weighted by molar-refractivity contribution is -0.141. The van der Waals surface area contributed by atoms with Crippen LogP contribution in [0.1, 0.15) is 34.6 Å². The Morgan fingerprint density at radius 2 is 1.68 bits per heavy atom. The van der Waals surface area contributed by atoms with E-state index in [1.165, 1.54) is 0 Å². The largest absolute Gasteiger partial charge is 0.364 e. The van der Waals surface area contributed by atoms with Crippen molar-refractivity contribution in [1.82, 2.24) is 14.9 Å². The normalized spacial score (nSPS) is 17.5. The molecule has 2 N–H and O–H groups in total. The number of hydrogen-bond acceptors (Lipinski definition) is 5. The first-order valence-corrected chi connectivity index (χ1v) is 12.6. The van der Waals surface area contributed by atoms with Crippen LogP contribution >= 0.6 is 0 Å². The van der Waals surface area contributed by atoms with Crippen LogP contribution in [-0.2, 0) is 21.5 Å². The van der Waals surface area contributed by atoms with Crippen LogP contribution in [0, 0.1) is 5.92 Å². The Morgan fingerprint density at radius 3 is 2.42 bits per heavy atom. The summed E-state index contributed by atoms with van der Waals surface area (Å²) in [5, 5.41) is 1.93. The highest BCUT2D eigenvalue weighted by Crippen LogP contribution is 2.49. The number of benzene rings is 2. The molecule has 0 unspecified atom stereocenters. The second-order valence-corrected chi connectivity index (χ2v) is 10.2. The summed E-state index contributed by atoms with van der Waals surface area (Å²) < 4.78 is 0. The minimum Gasteiger partial charge on any atom is -0.364 e. The molecule has 1 saturated carbocycles. The van der Waals surface area contributed by atoms with Crippen LogP contribution in [0.15, 0.2) is 73.1 Å². The van der Waals surface area contributed by atoms with Crippen LogP contribution in [-0.4, -0.2) is 45.7 Å². The first kappa shape index (κ1) is 22.6. The van der Waals surface area contributed by atoms with Gasteiger partial charge in [-0.2, -0.15) is 0 Å². The topological polar surface area (TPSA) is 109 Å². The van der Waals surface area contributed by atoms with E-state index < -0.39 is 11.3 Å². The number of hydrogen-bond donors (Lipinski definition) is 1. The van der Waals surface area contributed by atoms with Crippen molar-refractivity contribution in [3.8, 4) is 11.1 Å². The standard InChI is InChI=1S/C30H24N5O3/c31-27(36)23-12-11-20(14-32-23)26-21-6-2-1-5-19(21)13-33-24(26)15-35-25-8-4-3-7-22(25)30(29(35)38)16-34(17-30)28(37)18-9-10-18/h1-8,11-14H,9-10,15-17H2,(H2,31,36). The molecule has 4 aromatic rings. The van der Waals surface area contributed by atoms with Gasteiger partial charge in [-0.3, -0.25) is 24.4 Å². The number of fused-ring (bicyclic) bond motifs is 3. The number of anilines is 1. The summed E-state index contributed by atoms with van der Waals surface area (Å²) in [6.07, 6.45) is 5.17. The molecule has 2 aromatic heterocycles. The Morgan fingerprint density at radius 1 is 0.921 bits per heavy atom. The number of rotatable bonds is 5. The van der Waals surface area contributed by atoms with Crippen molar-refractivity contribution in [1.29, 1.82) is 0 Å². The molecule has 8 heteroatoms. The molecule has 3 aliphatic rings. The zero-order valence-corrected chi connectivity index (χ0v) is 20.6. The van der Waals surface area contributed by atoms with E-state index in [2.05, 4.69) is 4.98 Å². The van der Waals surface area contributed by atoms with Crippen molar-refractivity contribution in [2.75, 3.05) is 18.0 Å². The van der Waals surface area contributed by atoms with E-state index >= 15 is 0 Å². The Kier molecular flexibility index (Phi) is 4.88. The third-order valence-electron chi connectivity index (χ3n) is 7.87. The molecule has 38 heavy (non-hydrogen) atoms. The summed E-state index contributed by atoms with van der Waals surface area (Å²) in [4.78, 5) is 50.9. The molecular formula is C30H24N5O3. The average Bonchev–Trinajstić information content (AvgIpc) is 3.73. The number of carbonyl (C=O) groups excluding carboxylic acids is 3. The average molecular weight is 503 g/mol. The highest BCUT2D eigenvalue weighted by Gasteiger charge is 2.60. The maximum atomic E-state index is 14.0. The fraction of sp³-hybridized carbons (Fsp3) is 0.200. The Labute approximate surface area is 219 Å². The predicted octanol–water partition coefficient (Wildman–Crippen LogP) is 3.39. The molecule has 8 nitrogen and oxygen atoms in total. The highest BCUT2D eigenvalue weighted by atomic mass is 16.2. The van der Waals surface area contributed by atoms with Gasteiger partial charge >= 0.3 is 0 Å². The van der Waals surface area contributed by atoms with Gasteiger partial charge in [0.1, 0.15) is 11.1 Å². The number of nitrogens with zero attached hydrogens (tertiary/aromatic N) is 4. The molecule has 2 aliphatic heterocycles. The second kappa shape index (κ2) is 8.21. The van der Waals surface area contributed by atoms with Gasteiger partial charge < -0.3 is 15.5 Å². The minimum atomic E-state index is -0.719. The molecule has 7 rings (SSSR count). The van der Waals surface area contributed by atoms with Crippen molar-refractivity contribution in [2.24, 2.45) is 5.73 Å². The Hall–Kier alpha value is -4.59. The lowest BCUT2D eigenvalue weighted by atomic mass is 9.74. The summed E-state index contributed by atoms with van der Waals surface area (Å²) in [7, 11) is 0. The van der Waals surface area contributed by atoms with E-state index in [0.717, 1.165) is 57.6 Å². The number of pyridine rings is 2. The highest BCUT2D eigenvalue weighted by molar-refractivity contribution is 6.11. The van der Waals surface area contributed by atoms with Crippen LogP contribution in [0.5, 0.6) is 0 Å². The molecule has 1 radical (unpaired) electrons. The number of carbonyl (C=O) groups is 3. The fourth-order valence-electron chi connectivity index (χ4n) is 5.79. The Balaban J connectivity index is 1.29. The molecule has 4 heterocycles. The van der Waals surface area contributed by atoms with Crippen molar-refractivity contribution in [2.45, 2.75) is 24.8 Å². The fourth-order valence-corrected chi connectivity index (χ4v) is 5.79. The zero-order chi connectivity index (χ0) is 26.0. The summed E-state index contributed by atoms with van der Waals surface area (Å²) in [6, 6.07) is 19.2. The number of amides is 3. The van der Waals surface area contributed by atoms with Gasteiger partial charge in [-0.05, 0) is 35.9 Å². The predicted molar refractivity (Wildman–Crippen MR) is 142 cm³/mol. The van der Waals surface area contributed by atoms with Crippen LogP contribution < -0.4 is 10.6 Å². The van der Waals surface area contributed by atoms with Crippen LogP contribution in [0.3, 0.4) is 0 Å². The van der Waals surface area contributed by atoms with E-state index in [9.17, 15) is 14.4 Å². The van der Waals surface area contributed by atoms with Gasteiger partial charge in [0.25, 0.3) is 5.91 Å². The summed E-state index contributed by atoms with van der Waals surface area (Å²) in [5.74, 6) is 0.443. The number of aromatic nitrogens is 2. The summed E-state index contributed by atoms with van der Waals surface area (Å²) in [6.45, 7) is 1.07. The summed E-state index contributed by atoms with van der Waals surface area (Å²) >= 11 is 0. The van der Waals surface area contributed by atoms with Crippen molar-refractivity contribution in [3.05, 3.63) is 95.9 Å². The SMILES string of the molecule is NC(=O)c1ccc(-c2c(CN3C(=O)C4(CN(C(=O)[C]5CC5)C4)c4ccccc43)ncc3ccccc23)cn1. The van der Waals surface area contributed by atoms with Gasteiger partial charge in [-0.15, -0.1) is 0 Å². The van der Waals surface area contributed by atoms with Crippen LogP contribution in [0.4, 0.5) is 5.69 Å². The van der Waals surface area contributed by atoms with Gasteiger partial charge in [0, 0.05) is 47.7 Å². The Bertz CT molecular complexity index is 1640. The smallest absolute Gasteiger partial charge is 0.267 e.